The minimum absolute atomic E-state index is 0.0452. The molecule has 1 atom stereocenters. The Morgan fingerprint density at radius 3 is 2.33 bits per heavy atom. The molecule has 0 aliphatic heterocycles. The standard InChI is InChI=1S/C30H29N3O3/c1-19(20-10-12-22(13-11-20)21-6-3-2-4-7-21)33-27-23(18-31-33)8-5-9-26(27)28(34)32-25-16-30(17-25)14-24(15-30)29(35)36/h2-13,18-19,24-25H,14-17H2,1H3,(H,32,34)(H,35,36)/t19-,24?,25?,30?/m0/s1. The number of carbonyl (C=O) groups is 2. The van der Waals surface area contributed by atoms with Crippen LogP contribution in [-0.4, -0.2) is 32.8 Å². The fourth-order valence-corrected chi connectivity index (χ4v) is 6.15. The number of nitrogens with zero attached hydrogens (tertiary/aromatic N) is 2. The van der Waals surface area contributed by atoms with Gasteiger partial charge >= 0.3 is 5.97 Å². The molecule has 0 unspecified atom stereocenters. The second kappa shape index (κ2) is 8.63. The predicted molar refractivity (Wildman–Crippen MR) is 139 cm³/mol. The van der Waals surface area contributed by atoms with E-state index in [0.717, 1.165) is 47.7 Å². The first-order chi connectivity index (χ1) is 17.4. The van der Waals surface area contributed by atoms with Crippen LogP contribution in [0.1, 0.15) is 54.6 Å². The zero-order chi connectivity index (χ0) is 24.9. The Kier molecular flexibility index (Phi) is 5.40. The summed E-state index contributed by atoms with van der Waals surface area (Å²) in [5.41, 5.74) is 5.03. The molecule has 0 saturated heterocycles. The van der Waals surface area contributed by atoms with Gasteiger partial charge in [-0.1, -0.05) is 66.7 Å². The number of amides is 1. The Labute approximate surface area is 210 Å². The molecule has 0 radical (unpaired) electrons. The normalized spacial score (nSPS) is 23.6. The molecule has 6 nitrogen and oxygen atoms in total. The Morgan fingerprint density at radius 2 is 1.64 bits per heavy atom. The summed E-state index contributed by atoms with van der Waals surface area (Å²) in [6, 6.07) is 24.6. The smallest absolute Gasteiger partial charge is 0.306 e. The van der Waals surface area contributed by atoms with Gasteiger partial charge in [0.1, 0.15) is 0 Å². The molecule has 4 aromatic rings. The summed E-state index contributed by atoms with van der Waals surface area (Å²) in [4.78, 5) is 24.5. The van der Waals surface area contributed by atoms with Crippen LogP contribution in [-0.2, 0) is 4.79 Å². The Balaban J connectivity index is 1.20. The molecule has 6 heteroatoms. The van der Waals surface area contributed by atoms with E-state index in [2.05, 4.69) is 53.7 Å². The van der Waals surface area contributed by atoms with Gasteiger partial charge in [0.25, 0.3) is 5.91 Å². The van der Waals surface area contributed by atoms with Crippen molar-refractivity contribution in [3.8, 4) is 11.1 Å². The van der Waals surface area contributed by atoms with E-state index >= 15 is 0 Å². The third-order valence-corrected chi connectivity index (χ3v) is 8.13. The second-order valence-electron chi connectivity index (χ2n) is 10.5. The highest BCUT2D eigenvalue weighted by molar-refractivity contribution is 6.05. The van der Waals surface area contributed by atoms with E-state index in [1.807, 2.05) is 47.3 Å². The van der Waals surface area contributed by atoms with Crippen LogP contribution in [0.15, 0.2) is 79.0 Å². The number of carboxylic acids is 1. The monoisotopic (exact) mass is 479 g/mol. The van der Waals surface area contributed by atoms with Crippen LogP contribution in [0.3, 0.4) is 0 Å². The largest absolute Gasteiger partial charge is 0.481 e. The van der Waals surface area contributed by atoms with Crippen molar-refractivity contribution in [2.24, 2.45) is 11.3 Å². The molecule has 1 aromatic heterocycles. The molecule has 1 amide bonds. The molecule has 2 aliphatic carbocycles. The van der Waals surface area contributed by atoms with Crippen LogP contribution in [0.5, 0.6) is 0 Å². The minimum Gasteiger partial charge on any atom is -0.481 e. The van der Waals surface area contributed by atoms with Crippen LogP contribution in [0.25, 0.3) is 22.0 Å². The molecule has 0 bridgehead atoms. The molecule has 1 spiro atoms. The topological polar surface area (TPSA) is 84.2 Å². The van der Waals surface area contributed by atoms with Gasteiger partial charge < -0.3 is 10.4 Å². The average Bonchev–Trinajstić information content (AvgIpc) is 3.29. The number of carboxylic acid groups (broad SMARTS) is 1. The lowest BCUT2D eigenvalue weighted by Crippen LogP contribution is -2.57. The average molecular weight is 480 g/mol. The first kappa shape index (κ1) is 22.5. The summed E-state index contributed by atoms with van der Waals surface area (Å²) >= 11 is 0. The van der Waals surface area contributed by atoms with Crippen LogP contribution in [0.4, 0.5) is 0 Å². The number of hydrogen-bond acceptors (Lipinski definition) is 3. The van der Waals surface area contributed by atoms with E-state index in [-0.39, 0.29) is 29.3 Å². The van der Waals surface area contributed by atoms with E-state index in [9.17, 15) is 9.59 Å². The summed E-state index contributed by atoms with van der Waals surface area (Å²) in [7, 11) is 0. The van der Waals surface area contributed by atoms with Gasteiger partial charge in [-0.15, -0.1) is 0 Å². The third-order valence-electron chi connectivity index (χ3n) is 8.13. The first-order valence-electron chi connectivity index (χ1n) is 12.6. The van der Waals surface area contributed by atoms with E-state index in [4.69, 9.17) is 5.11 Å². The molecular formula is C30H29N3O3. The van der Waals surface area contributed by atoms with Crippen LogP contribution < -0.4 is 5.32 Å². The zero-order valence-electron chi connectivity index (χ0n) is 20.2. The fraction of sp³-hybridized carbons (Fsp3) is 0.300. The molecule has 6 rings (SSSR count). The number of rotatable bonds is 6. The Bertz CT molecular complexity index is 1430. The van der Waals surface area contributed by atoms with Gasteiger partial charge in [-0.25, -0.2) is 0 Å². The van der Waals surface area contributed by atoms with Crippen LogP contribution in [0, 0.1) is 11.3 Å². The van der Waals surface area contributed by atoms with Crippen molar-refractivity contribution in [2.45, 2.75) is 44.7 Å². The lowest BCUT2D eigenvalue weighted by Gasteiger charge is -2.56. The van der Waals surface area contributed by atoms with Crippen LogP contribution >= 0.6 is 0 Å². The van der Waals surface area contributed by atoms with Crippen molar-refractivity contribution in [3.63, 3.8) is 0 Å². The van der Waals surface area contributed by atoms with E-state index in [1.165, 1.54) is 5.56 Å². The highest BCUT2D eigenvalue weighted by atomic mass is 16.4. The molecule has 182 valence electrons. The maximum Gasteiger partial charge on any atom is 0.306 e. The van der Waals surface area contributed by atoms with E-state index < -0.39 is 5.97 Å². The van der Waals surface area contributed by atoms with Gasteiger partial charge in [0, 0.05) is 11.4 Å². The number of fused-ring (bicyclic) bond motifs is 1. The van der Waals surface area contributed by atoms with Crippen molar-refractivity contribution >= 4 is 22.8 Å². The molecule has 2 fully saturated rings. The number of nitrogens with one attached hydrogen (secondary N) is 1. The van der Waals surface area contributed by atoms with E-state index in [1.54, 1.807) is 0 Å². The number of aliphatic carboxylic acids is 1. The van der Waals surface area contributed by atoms with Crippen molar-refractivity contribution in [1.82, 2.24) is 15.1 Å². The number of aromatic nitrogens is 2. The fourth-order valence-electron chi connectivity index (χ4n) is 6.15. The SMILES string of the molecule is C[C@@H](c1ccc(-c2ccccc2)cc1)n1ncc2cccc(C(=O)NC3CC4(C3)CC(C(=O)O)C4)c21. The molecular weight excluding hydrogens is 450 g/mol. The molecule has 36 heavy (non-hydrogen) atoms. The second-order valence-corrected chi connectivity index (χ2v) is 10.5. The number of para-hydroxylation sites is 1. The Morgan fingerprint density at radius 1 is 0.944 bits per heavy atom. The summed E-state index contributed by atoms with van der Waals surface area (Å²) in [5.74, 6) is -1.01. The highest BCUT2D eigenvalue weighted by Crippen LogP contribution is 2.58. The lowest BCUT2D eigenvalue weighted by atomic mass is 9.50. The summed E-state index contributed by atoms with van der Waals surface area (Å²) in [6.45, 7) is 2.10. The number of hydrogen-bond donors (Lipinski definition) is 2. The maximum absolute atomic E-state index is 13.3. The molecule has 2 saturated carbocycles. The van der Waals surface area contributed by atoms with Crippen LogP contribution in [0.2, 0.25) is 0 Å². The zero-order valence-corrected chi connectivity index (χ0v) is 20.2. The molecule has 1 heterocycles. The molecule has 2 N–H and O–H groups in total. The summed E-state index contributed by atoms with van der Waals surface area (Å²) < 4.78 is 1.94. The van der Waals surface area contributed by atoms with Gasteiger partial charge in [0.15, 0.2) is 0 Å². The quantitative estimate of drug-likeness (QED) is 0.372. The highest BCUT2D eigenvalue weighted by Gasteiger charge is 2.55. The van der Waals surface area contributed by atoms with Crippen molar-refractivity contribution in [2.75, 3.05) is 0 Å². The summed E-state index contributed by atoms with van der Waals surface area (Å²) in [6.07, 6.45) is 5.01. The Hall–Kier alpha value is -3.93. The summed E-state index contributed by atoms with van der Waals surface area (Å²) in [5, 5.41) is 17.9. The maximum atomic E-state index is 13.3. The minimum atomic E-state index is -0.697. The molecule has 3 aromatic carbocycles. The third kappa shape index (κ3) is 3.87. The number of benzene rings is 3. The van der Waals surface area contributed by atoms with Crippen molar-refractivity contribution in [3.05, 3.63) is 90.1 Å². The first-order valence-corrected chi connectivity index (χ1v) is 12.6. The number of carbonyl (C=O) groups excluding carboxylic acids is 1. The van der Waals surface area contributed by atoms with E-state index in [0.29, 0.717) is 5.56 Å². The van der Waals surface area contributed by atoms with Gasteiger partial charge in [0.2, 0.25) is 0 Å². The molecule has 2 aliphatic rings. The van der Waals surface area contributed by atoms with Crippen molar-refractivity contribution < 1.29 is 14.7 Å². The van der Waals surface area contributed by atoms with Crippen molar-refractivity contribution in [1.29, 1.82) is 0 Å². The lowest BCUT2D eigenvalue weighted by molar-refractivity contribution is -0.155. The van der Waals surface area contributed by atoms with Gasteiger partial charge in [-0.2, -0.15) is 5.10 Å². The van der Waals surface area contributed by atoms with Gasteiger partial charge in [0.05, 0.1) is 29.2 Å². The van der Waals surface area contributed by atoms with Gasteiger partial charge in [-0.3, -0.25) is 14.3 Å². The predicted octanol–water partition coefficient (Wildman–Crippen LogP) is 5.69. The van der Waals surface area contributed by atoms with Gasteiger partial charge in [-0.05, 0) is 60.8 Å².